The molecule has 2 saturated heterocycles. The number of piperazine rings is 2. The van der Waals surface area contributed by atoms with Crippen LogP contribution in [0.2, 0.25) is 0 Å². The van der Waals surface area contributed by atoms with E-state index < -0.39 is 0 Å². The maximum atomic E-state index is 6.37. The smallest absolute Gasteiger partial charge is 0.0578 e. The van der Waals surface area contributed by atoms with Gasteiger partial charge in [-0.15, -0.1) is 0 Å². The fourth-order valence-corrected chi connectivity index (χ4v) is 9.90. The zero-order valence-corrected chi connectivity index (χ0v) is 32.3. The van der Waals surface area contributed by atoms with Gasteiger partial charge in [0, 0.05) is 63.4 Å². The molecule has 0 radical (unpaired) electrons. The molecule has 4 fully saturated rings. The second-order valence-electron chi connectivity index (χ2n) is 17.7. The van der Waals surface area contributed by atoms with Crippen LogP contribution in [0.1, 0.15) is 133 Å². The number of rotatable bonds is 15. The van der Waals surface area contributed by atoms with Crippen LogP contribution in [-0.4, -0.2) is 121 Å². The van der Waals surface area contributed by atoms with Gasteiger partial charge in [0.1, 0.15) is 0 Å². The van der Waals surface area contributed by atoms with E-state index in [1.54, 1.807) is 0 Å². The van der Waals surface area contributed by atoms with Crippen molar-refractivity contribution >= 4 is 0 Å². The predicted molar refractivity (Wildman–Crippen MR) is 196 cm³/mol. The van der Waals surface area contributed by atoms with Crippen molar-refractivity contribution in [2.24, 2.45) is 23.7 Å². The number of hydrogen-bond acceptors (Lipinski definition) is 6. The second-order valence-corrected chi connectivity index (χ2v) is 17.7. The van der Waals surface area contributed by atoms with Gasteiger partial charge in [0.15, 0.2) is 0 Å². The molecule has 0 N–H and O–H groups in total. The molecule has 2 aliphatic heterocycles. The van der Waals surface area contributed by atoms with E-state index in [1.165, 1.54) is 123 Å². The third-order valence-electron chi connectivity index (χ3n) is 12.6. The van der Waals surface area contributed by atoms with Gasteiger partial charge in [0.2, 0.25) is 0 Å². The fourth-order valence-electron chi connectivity index (χ4n) is 9.90. The summed E-state index contributed by atoms with van der Waals surface area (Å²) in [6, 6.07) is 1.31. The molecular weight excluding hydrogens is 568 g/mol. The van der Waals surface area contributed by atoms with Crippen molar-refractivity contribution in [1.29, 1.82) is 0 Å². The minimum atomic E-state index is 0.244. The van der Waals surface area contributed by atoms with Crippen LogP contribution in [0.3, 0.4) is 0 Å². The molecule has 6 nitrogen and oxygen atoms in total. The zero-order chi connectivity index (χ0) is 33.4. The van der Waals surface area contributed by atoms with Gasteiger partial charge in [-0.2, -0.15) is 0 Å². The highest BCUT2D eigenvalue weighted by atomic mass is 16.5. The molecule has 0 aromatic carbocycles. The molecule has 0 bridgehead atoms. The number of ether oxygens (including phenoxy) is 2. The van der Waals surface area contributed by atoms with Gasteiger partial charge in [0.05, 0.1) is 24.4 Å². The van der Waals surface area contributed by atoms with Crippen LogP contribution in [0.15, 0.2) is 0 Å². The SMILES string of the molecule is CC(C)OC1CCC(C(CCN2CCN(C(C)C)CC2)C(CCN2CCN(C(C)C)CC2(C)C)C2CCC(OC(C)C)CC2)CC1. The minimum Gasteiger partial charge on any atom is -0.376 e. The third-order valence-corrected chi connectivity index (χ3v) is 12.6. The van der Waals surface area contributed by atoms with E-state index in [2.05, 4.69) is 88.8 Å². The summed E-state index contributed by atoms with van der Waals surface area (Å²) in [4.78, 5) is 11.1. The lowest BCUT2D eigenvalue weighted by Crippen LogP contribution is -2.60. The van der Waals surface area contributed by atoms with Crippen molar-refractivity contribution in [2.45, 2.75) is 175 Å². The molecule has 0 amide bonds. The van der Waals surface area contributed by atoms with Crippen molar-refractivity contribution in [2.75, 3.05) is 58.9 Å². The normalized spacial score (nSPS) is 30.9. The monoisotopic (exact) mass is 647 g/mol. The second kappa shape index (κ2) is 18.1. The number of hydrogen-bond donors (Lipinski definition) is 0. The molecule has 2 unspecified atom stereocenters. The molecule has 0 aromatic heterocycles. The van der Waals surface area contributed by atoms with Crippen molar-refractivity contribution in [3.05, 3.63) is 0 Å². The van der Waals surface area contributed by atoms with E-state index in [0.29, 0.717) is 36.5 Å². The first-order valence-electron chi connectivity index (χ1n) is 20.1. The average Bonchev–Trinajstić information content (AvgIpc) is 2.99. The molecule has 2 atom stereocenters. The fraction of sp³-hybridized carbons (Fsp3) is 1.00. The van der Waals surface area contributed by atoms with Gasteiger partial charge in [-0.1, -0.05) is 0 Å². The lowest BCUT2D eigenvalue weighted by molar-refractivity contribution is -0.0472. The summed E-state index contributed by atoms with van der Waals surface area (Å²) < 4.78 is 12.7. The van der Waals surface area contributed by atoms with Gasteiger partial charge in [0.25, 0.3) is 0 Å². The van der Waals surface area contributed by atoms with Gasteiger partial charge < -0.3 is 14.4 Å². The Labute approximate surface area is 286 Å². The largest absolute Gasteiger partial charge is 0.376 e. The molecule has 6 heteroatoms. The molecule has 2 aliphatic carbocycles. The van der Waals surface area contributed by atoms with Crippen LogP contribution in [-0.2, 0) is 9.47 Å². The topological polar surface area (TPSA) is 31.4 Å². The summed E-state index contributed by atoms with van der Waals surface area (Å²) in [6.45, 7) is 34.5. The summed E-state index contributed by atoms with van der Waals surface area (Å²) in [5, 5.41) is 0. The van der Waals surface area contributed by atoms with E-state index in [4.69, 9.17) is 9.47 Å². The summed E-state index contributed by atoms with van der Waals surface area (Å²) >= 11 is 0. The first-order valence-corrected chi connectivity index (χ1v) is 20.1. The van der Waals surface area contributed by atoms with Crippen LogP contribution >= 0.6 is 0 Å². The Morgan fingerprint density at radius 3 is 1.39 bits per heavy atom. The van der Waals surface area contributed by atoms with E-state index in [-0.39, 0.29) is 5.54 Å². The first kappa shape index (κ1) is 38.6. The molecule has 2 saturated carbocycles. The standard InChI is InChI=1S/C40H78N4O2/c1-30(2)42-25-23-41(24-26-42)21-19-38(34-11-15-36(16-12-34)45-32(5)6)39(35-13-17-37(18-14-35)46-33(7)8)20-22-44-28-27-43(31(3)4)29-40(44,9)10/h30-39H,11-29H2,1-10H3. The van der Waals surface area contributed by atoms with Crippen molar-refractivity contribution in [3.8, 4) is 0 Å². The highest BCUT2D eigenvalue weighted by Gasteiger charge is 2.40. The maximum absolute atomic E-state index is 6.37. The van der Waals surface area contributed by atoms with E-state index in [9.17, 15) is 0 Å². The Morgan fingerprint density at radius 1 is 0.543 bits per heavy atom. The van der Waals surface area contributed by atoms with Crippen LogP contribution in [0, 0.1) is 23.7 Å². The Hall–Kier alpha value is -0.240. The lowest BCUT2D eigenvalue weighted by Gasteiger charge is -2.50. The van der Waals surface area contributed by atoms with Crippen molar-refractivity contribution in [3.63, 3.8) is 0 Å². The van der Waals surface area contributed by atoms with Crippen molar-refractivity contribution in [1.82, 2.24) is 19.6 Å². The van der Waals surface area contributed by atoms with Gasteiger partial charge >= 0.3 is 0 Å². The highest BCUT2D eigenvalue weighted by molar-refractivity contribution is 4.94. The molecule has 4 rings (SSSR count). The quantitative estimate of drug-likeness (QED) is 0.181. The Kier molecular flexibility index (Phi) is 15.2. The van der Waals surface area contributed by atoms with E-state index >= 15 is 0 Å². The Bertz CT molecular complexity index is 838. The third kappa shape index (κ3) is 11.4. The van der Waals surface area contributed by atoms with Crippen LogP contribution < -0.4 is 0 Å². The first-order chi connectivity index (χ1) is 21.8. The van der Waals surface area contributed by atoms with E-state index in [0.717, 1.165) is 23.7 Å². The molecule has 46 heavy (non-hydrogen) atoms. The molecule has 270 valence electrons. The lowest BCUT2D eigenvalue weighted by atomic mass is 9.64. The Balaban J connectivity index is 1.50. The summed E-state index contributed by atoms with van der Waals surface area (Å²) in [5.74, 6) is 3.35. The maximum Gasteiger partial charge on any atom is 0.0578 e. The summed E-state index contributed by atoms with van der Waals surface area (Å²) in [6.07, 6.45) is 14.9. The summed E-state index contributed by atoms with van der Waals surface area (Å²) in [7, 11) is 0. The molecule has 0 spiro atoms. The van der Waals surface area contributed by atoms with Crippen molar-refractivity contribution < 1.29 is 9.47 Å². The zero-order valence-electron chi connectivity index (χ0n) is 32.3. The molecule has 4 aliphatic rings. The minimum absolute atomic E-state index is 0.244. The predicted octanol–water partition coefficient (Wildman–Crippen LogP) is 7.80. The number of nitrogens with zero attached hydrogens (tertiary/aromatic N) is 4. The van der Waals surface area contributed by atoms with Gasteiger partial charge in [-0.3, -0.25) is 14.7 Å². The van der Waals surface area contributed by atoms with Crippen LogP contribution in [0.4, 0.5) is 0 Å². The van der Waals surface area contributed by atoms with Gasteiger partial charge in [-0.25, -0.2) is 0 Å². The van der Waals surface area contributed by atoms with E-state index in [1.807, 2.05) is 0 Å². The van der Waals surface area contributed by atoms with Crippen LogP contribution in [0.25, 0.3) is 0 Å². The average molecular weight is 647 g/mol. The molecule has 0 aromatic rings. The van der Waals surface area contributed by atoms with Gasteiger partial charge in [-0.05, 0) is 170 Å². The molecular formula is C40H78N4O2. The van der Waals surface area contributed by atoms with Crippen LogP contribution in [0.5, 0.6) is 0 Å². The summed E-state index contributed by atoms with van der Waals surface area (Å²) in [5.41, 5.74) is 0.244. The Morgan fingerprint density at radius 2 is 0.978 bits per heavy atom. The highest BCUT2D eigenvalue weighted by Crippen LogP contribution is 2.45. The molecule has 2 heterocycles.